The van der Waals surface area contributed by atoms with Crippen LogP contribution in [0.5, 0.6) is 0 Å². The first-order valence-electron chi connectivity index (χ1n) is 7.59. The molecule has 4 heteroatoms. The van der Waals surface area contributed by atoms with Crippen molar-refractivity contribution in [2.24, 2.45) is 5.92 Å². The van der Waals surface area contributed by atoms with Gasteiger partial charge < -0.3 is 10.2 Å². The highest BCUT2D eigenvalue weighted by atomic mass is 15.3. The molecule has 0 amide bonds. The fourth-order valence-electron chi connectivity index (χ4n) is 3.39. The van der Waals surface area contributed by atoms with Crippen LogP contribution in [0.4, 0.5) is 5.95 Å². The lowest BCUT2D eigenvalue weighted by molar-refractivity contribution is 0.361. The van der Waals surface area contributed by atoms with Gasteiger partial charge in [-0.1, -0.05) is 6.92 Å². The summed E-state index contributed by atoms with van der Waals surface area (Å²) in [5.74, 6) is 1.80. The molecule has 1 aromatic heterocycles. The second kappa shape index (κ2) is 5.87. The highest BCUT2D eigenvalue weighted by Crippen LogP contribution is 2.26. The molecule has 1 aromatic rings. The molecule has 0 aromatic carbocycles. The number of aromatic nitrogens is 2. The van der Waals surface area contributed by atoms with Gasteiger partial charge in [-0.05, 0) is 44.1 Å². The summed E-state index contributed by atoms with van der Waals surface area (Å²) in [4.78, 5) is 11.0. The summed E-state index contributed by atoms with van der Waals surface area (Å²) in [6.45, 7) is 4.52. The van der Waals surface area contributed by atoms with E-state index in [4.69, 9.17) is 0 Å². The van der Waals surface area contributed by atoms with Crippen LogP contribution in [0.3, 0.4) is 0 Å². The van der Waals surface area contributed by atoms with Crippen molar-refractivity contribution in [3.8, 4) is 0 Å². The van der Waals surface area contributed by atoms with E-state index in [0.717, 1.165) is 31.0 Å². The largest absolute Gasteiger partial charge is 0.341 e. The fraction of sp³-hybridized carbons (Fsp3) is 0.733. The Morgan fingerprint density at radius 3 is 2.42 bits per heavy atom. The summed E-state index contributed by atoms with van der Waals surface area (Å²) >= 11 is 0. The second-order valence-electron chi connectivity index (χ2n) is 6.09. The molecule has 1 N–H and O–H groups in total. The predicted octanol–water partition coefficient (Wildman–Crippen LogP) is 2.22. The molecule has 104 valence electrons. The zero-order valence-electron chi connectivity index (χ0n) is 11.8. The number of nitrogens with zero attached hydrogens (tertiary/aromatic N) is 3. The van der Waals surface area contributed by atoms with Gasteiger partial charge in [-0.15, -0.1) is 0 Å². The second-order valence-corrected chi connectivity index (χ2v) is 6.09. The molecule has 3 rings (SSSR count). The van der Waals surface area contributed by atoms with Crippen molar-refractivity contribution in [3.05, 3.63) is 18.5 Å². The van der Waals surface area contributed by atoms with Gasteiger partial charge in [-0.25, -0.2) is 9.97 Å². The topological polar surface area (TPSA) is 41.0 Å². The van der Waals surface area contributed by atoms with Crippen LogP contribution in [0.2, 0.25) is 0 Å². The Balaban J connectivity index is 1.47. The monoisotopic (exact) mass is 260 g/mol. The molecule has 4 nitrogen and oxygen atoms in total. The molecule has 1 aliphatic heterocycles. The van der Waals surface area contributed by atoms with Gasteiger partial charge in [0.1, 0.15) is 0 Å². The summed E-state index contributed by atoms with van der Waals surface area (Å²) in [6, 6.07) is 3.33. The number of nitrogens with one attached hydrogen (secondary N) is 1. The molecule has 2 fully saturated rings. The number of rotatable bonds is 3. The summed E-state index contributed by atoms with van der Waals surface area (Å²) in [6.07, 6.45) is 10.2. The minimum absolute atomic E-state index is 0.690. The number of hydrogen-bond donors (Lipinski definition) is 1. The molecule has 0 radical (unpaired) electrons. The number of hydrogen-bond acceptors (Lipinski definition) is 4. The van der Waals surface area contributed by atoms with Gasteiger partial charge in [-0.3, -0.25) is 0 Å². The van der Waals surface area contributed by atoms with E-state index in [-0.39, 0.29) is 0 Å². The van der Waals surface area contributed by atoms with Gasteiger partial charge in [0, 0.05) is 37.6 Å². The Hall–Kier alpha value is -1.16. The van der Waals surface area contributed by atoms with Crippen molar-refractivity contribution in [1.29, 1.82) is 0 Å². The van der Waals surface area contributed by atoms with Crippen LogP contribution in [-0.2, 0) is 0 Å². The molecule has 2 atom stereocenters. The summed E-state index contributed by atoms with van der Waals surface area (Å²) in [5.41, 5.74) is 0. The summed E-state index contributed by atoms with van der Waals surface area (Å²) in [5, 5.41) is 3.85. The van der Waals surface area contributed by atoms with Crippen molar-refractivity contribution < 1.29 is 0 Å². The molecule has 19 heavy (non-hydrogen) atoms. The lowest BCUT2D eigenvalue weighted by Crippen LogP contribution is -2.46. The van der Waals surface area contributed by atoms with Gasteiger partial charge in [0.25, 0.3) is 0 Å². The van der Waals surface area contributed by atoms with Crippen LogP contribution in [-0.4, -0.2) is 35.1 Å². The lowest BCUT2D eigenvalue weighted by Gasteiger charge is -2.33. The standard InChI is InChI=1S/C15H24N4/c1-12-3-4-14(11-12)18-13-5-9-19(10-6-13)15-16-7-2-8-17-15/h2,7-8,12-14,18H,3-6,9-11H2,1H3. The third-order valence-electron chi connectivity index (χ3n) is 4.50. The van der Waals surface area contributed by atoms with E-state index in [0.29, 0.717) is 6.04 Å². The van der Waals surface area contributed by atoms with E-state index in [9.17, 15) is 0 Å². The SMILES string of the molecule is CC1CCC(NC2CCN(c3ncccn3)CC2)C1. The third-order valence-corrected chi connectivity index (χ3v) is 4.50. The Morgan fingerprint density at radius 2 is 1.79 bits per heavy atom. The average molecular weight is 260 g/mol. The smallest absolute Gasteiger partial charge is 0.225 e. The predicted molar refractivity (Wildman–Crippen MR) is 77.2 cm³/mol. The van der Waals surface area contributed by atoms with Gasteiger partial charge in [0.2, 0.25) is 5.95 Å². The zero-order valence-corrected chi connectivity index (χ0v) is 11.8. The van der Waals surface area contributed by atoms with Crippen LogP contribution in [0.15, 0.2) is 18.5 Å². The first-order valence-corrected chi connectivity index (χ1v) is 7.59. The molecule has 0 spiro atoms. The van der Waals surface area contributed by atoms with Gasteiger partial charge >= 0.3 is 0 Å². The Bertz CT molecular complexity index is 386. The highest BCUT2D eigenvalue weighted by molar-refractivity contribution is 5.29. The minimum atomic E-state index is 0.690. The highest BCUT2D eigenvalue weighted by Gasteiger charge is 2.26. The van der Waals surface area contributed by atoms with Crippen molar-refractivity contribution in [1.82, 2.24) is 15.3 Å². The van der Waals surface area contributed by atoms with E-state index < -0.39 is 0 Å². The maximum atomic E-state index is 4.34. The van der Waals surface area contributed by atoms with Gasteiger partial charge in [-0.2, -0.15) is 0 Å². The van der Waals surface area contributed by atoms with E-state index in [1.807, 2.05) is 18.5 Å². The van der Waals surface area contributed by atoms with Crippen LogP contribution >= 0.6 is 0 Å². The molecule has 2 unspecified atom stereocenters. The first-order chi connectivity index (χ1) is 9.31. The van der Waals surface area contributed by atoms with E-state index in [1.165, 1.54) is 32.1 Å². The van der Waals surface area contributed by atoms with E-state index in [1.54, 1.807) is 0 Å². The molecule has 1 saturated heterocycles. The summed E-state index contributed by atoms with van der Waals surface area (Å²) in [7, 11) is 0. The first kappa shape index (κ1) is 12.9. The number of anilines is 1. The van der Waals surface area contributed by atoms with Crippen molar-refractivity contribution >= 4 is 5.95 Å². The lowest BCUT2D eigenvalue weighted by atomic mass is 10.0. The molecule has 1 aliphatic carbocycles. The molecule has 0 bridgehead atoms. The van der Waals surface area contributed by atoms with Crippen LogP contribution in [0, 0.1) is 5.92 Å². The quantitative estimate of drug-likeness (QED) is 0.905. The zero-order chi connectivity index (χ0) is 13.1. The Morgan fingerprint density at radius 1 is 1.05 bits per heavy atom. The van der Waals surface area contributed by atoms with Crippen LogP contribution in [0.1, 0.15) is 39.0 Å². The molecular weight excluding hydrogens is 236 g/mol. The molecule has 1 saturated carbocycles. The normalized spacial score (nSPS) is 28.8. The van der Waals surface area contributed by atoms with Crippen molar-refractivity contribution in [2.45, 2.75) is 51.1 Å². The maximum Gasteiger partial charge on any atom is 0.225 e. The minimum Gasteiger partial charge on any atom is -0.341 e. The fourth-order valence-corrected chi connectivity index (χ4v) is 3.39. The van der Waals surface area contributed by atoms with Crippen molar-refractivity contribution in [3.63, 3.8) is 0 Å². The maximum absolute atomic E-state index is 4.34. The Kier molecular flexibility index (Phi) is 3.97. The molecular formula is C15H24N4. The molecule has 2 aliphatic rings. The van der Waals surface area contributed by atoms with Gasteiger partial charge in [0.15, 0.2) is 0 Å². The average Bonchev–Trinajstić information content (AvgIpc) is 2.86. The molecule has 2 heterocycles. The van der Waals surface area contributed by atoms with Gasteiger partial charge in [0.05, 0.1) is 0 Å². The summed E-state index contributed by atoms with van der Waals surface area (Å²) < 4.78 is 0. The van der Waals surface area contributed by atoms with Crippen molar-refractivity contribution in [2.75, 3.05) is 18.0 Å². The third kappa shape index (κ3) is 3.24. The van der Waals surface area contributed by atoms with Crippen LogP contribution < -0.4 is 10.2 Å². The van der Waals surface area contributed by atoms with E-state index >= 15 is 0 Å². The Labute approximate surface area is 115 Å². The van der Waals surface area contributed by atoms with E-state index in [2.05, 4.69) is 27.1 Å². The number of piperidine rings is 1. The van der Waals surface area contributed by atoms with Crippen LogP contribution in [0.25, 0.3) is 0 Å².